The van der Waals surface area contributed by atoms with Gasteiger partial charge in [-0.25, -0.2) is 0 Å². The molecule has 1 unspecified atom stereocenters. The summed E-state index contributed by atoms with van der Waals surface area (Å²) >= 11 is 0. The number of rotatable bonds is 2. The van der Waals surface area contributed by atoms with Gasteiger partial charge in [-0.05, 0) is 61.2 Å². The van der Waals surface area contributed by atoms with Crippen molar-refractivity contribution < 1.29 is 9.59 Å². The van der Waals surface area contributed by atoms with E-state index in [0.717, 1.165) is 18.8 Å². The monoisotopic (exact) mass is 363 g/mol. The van der Waals surface area contributed by atoms with Gasteiger partial charge >= 0.3 is 0 Å². The maximum atomic E-state index is 13.0. The minimum atomic E-state index is -0.433. The van der Waals surface area contributed by atoms with Crippen molar-refractivity contribution in [1.82, 2.24) is 10.2 Å². The summed E-state index contributed by atoms with van der Waals surface area (Å²) in [6, 6.07) is 11.9. The quantitative estimate of drug-likeness (QED) is 0.893. The van der Waals surface area contributed by atoms with E-state index in [1.165, 1.54) is 22.3 Å². The topological polar surface area (TPSA) is 52.7 Å². The Kier molecular flexibility index (Phi) is 4.38. The van der Waals surface area contributed by atoms with E-state index in [-0.39, 0.29) is 11.8 Å². The van der Waals surface area contributed by atoms with Crippen molar-refractivity contribution in [2.45, 2.75) is 39.9 Å². The molecule has 2 aliphatic rings. The molecule has 1 N–H and O–H groups in total. The average Bonchev–Trinajstić information content (AvgIpc) is 3.07. The molecule has 0 aliphatic carbocycles. The predicted molar refractivity (Wildman–Crippen MR) is 106 cm³/mol. The highest BCUT2D eigenvalue weighted by Gasteiger charge is 2.30. The molecule has 5 nitrogen and oxygen atoms in total. The Morgan fingerprint density at radius 3 is 2.41 bits per heavy atom. The van der Waals surface area contributed by atoms with E-state index in [2.05, 4.69) is 42.3 Å². The van der Waals surface area contributed by atoms with Gasteiger partial charge in [-0.2, -0.15) is 0 Å². The van der Waals surface area contributed by atoms with Crippen LogP contribution in [0, 0.1) is 13.8 Å². The summed E-state index contributed by atoms with van der Waals surface area (Å²) in [5.41, 5.74) is 7.03. The molecule has 2 aliphatic heterocycles. The molecule has 5 heteroatoms. The number of hydrogen-bond acceptors (Lipinski definition) is 3. The van der Waals surface area contributed by atoms with E-state index in [1.54, 1.807) is 11.8 Å². The van der Waals surface area contributed by atoms with Crippen LogP contribution in [0.15, 0.2) is 36.4 Å². The molecule has 4 rings (SSSR count). The van der Waals surface area contributed by atoms with E-state index in [9.17, 15) is 9.59 Å². The first kappa shape index (κ1) is 17.6. The molecule has 2 aromatic rings. The Balaban J connectivity index is 1.57. The van der Waals surface area contributed by atoms with Crippen LogP contribution in [0.1, 0.15) is 39.5 Å². The number of benzene rings is 2. The third-order valence-corrected chi connectivity index (χ3v) is 5.76. The number of anilines is 1. The molecule has 1 atom stereocenters. The van der Waals surface area contributed by atoms with Crippen LogP contribution in [0.4, 0.5) is 5.69 Å². The molecule has 27 heavy (non-hydrogen) atoms. The highest BCUT2D eigenvalue weighted by Crippen LogP contribution is 2.30. The van der Waals surface area contributed by atoms with Crippen molar-refractivity contribution >= 4 is 17.5 Å². The number of nitrogens with one attached hydrogen (secondary N) is 1. The third kappa shape index (κ3) is 3.18. The van der Waals surface area contributed by atoms with Crippen molar-refractivity contribution in [1.29, 1.82) is 0 Å². The zero-order valence-corrected chi connectivity index (χ0v) is 16.1. The molecule has 1 fully saturated rings. The molecular weight excluding hydrogens is 338 g/mol. The summed E-state index contributed by atoms with van der Waals surface area (Å²) in [4.78, 5) is 28.8. The van der Waals surface area contributed by atoms with Gasteiger partial charge in [0, 0.05) is 37.4 Å². The van der Waals surface area contributed by atoms with Crippen LogP contribution in [0.3, 0.4) is 0 Å². The van der Waals surface area contributed by atoms with Crippen LogP contribution in [-0.2, 0) is 17.9 Å². The van der Waals surface area contributed by atoms with Gasteiger partial charge in [-0.15, -0.1) is 0 Å². The average molecular weight is 363 g/mol. The lowest BCUT2D eigenvalue weighted by Gasteiger charge is -2.33. The van der Waals surface area contributed by atoms with E-state index < -0.39 is 6.04 Å². The number of amides is 2. The number of nitrogens with zero attached hydrogens (tertiary/aromatic N) is 2. The molecule has 140 valence electrons. The fourth-order valence-corrected chi connectivity index (χ4v) is 3.94. The van der Waals surface area contributed by atoms with Gasteiger partial charge in [0.15, 0.2) is 0 Å². The Morgan fingerprint density at radius 2 is 1.74 bits per heavy atom. The summed E-state index contributed by atoms with van der Waals surface area (Å²) in [5, 5.41) is 2.80. The first-order valence-electron chi connectivity index (χ1n) is 9.47. The Labute approximate surface area is 160 Å². The SMILES string of the molecule is Cc1cc2c(cc1C)CN(c1cccc(C(=O)N3CCNC(=O)C3C)c1)C2. The van der Waals surface area contributed by atoms with Crippen molar-refractivity contribution in [2.24, 2.45) is 0 Å². The maximum absolute atomic E-state index is 13.0. The Morgan fingerprint density at radius 1 is 1.07 bits per heavy atom. The standard InChI is InChI=1S/C22H25N3O2/c1-14-9-18-12-24(13-19(18)10-15(14)2)20-6-4-5-17(11-20)22(27)25-8-7-23-21(26)16(25)3/h4-6,9-11,16H,7-8,12-13H2,1-3H3,(H,23,26). The van der Waals surface area contributed by atoms with Crippen LogP contribution in [0.2, 0.25) is 0 Å². The van der Waals surface area contributed by atoms with Crippen LogP contribution in [0.5, 0.6) is 0 Å². The zero-order chi connectivity index (χ0) is 19.1. The maximum Gasteiger partial charge on any atom is 0.254 e. The van der Waals surface area contributed by atoms with Crippen molar-refractivity contribution in [3.63, 3.8) is 0 Å². The van der Waals surface area contributed by atoms with E-state index in [0.29, 0.717) is 18.7 Å². The first-order valence-corrected chi connectivity index (χ1v) is 9.47. The van der Waals surface area contributed by atoms with Crippen molar-refractivity contribution in [3.8, 4) is 0 Å². The number of carbonyl (C=O) groups is 2. The molecule has 2 aromatic carbocycles. The molecule has 2 heterocycles. The van der Waals surface area contributed by atoms with Crippen molar-refractivity contribution in [3.05, 3.63) is 64.2 Å². The predicted octanol–water partition coefficient (Wildman–Crippen LogP) is 2.78. The van der Waals surface area contributed by atoms with Crippen LogP contribution >= 0.6 is 0 Å². The van der Waals surface area contributed by atoms with Crippen molar-refractivity contribution in [2.75, 3.05) is 18.0 Å². The first-order chi connectivity index (χ1) is 12.9. The van der Waals surface area contributed by atoms with Gasteiger partial charge in [0.2, 0.25) is 5.91 Å². The second-order valence-corrected chi connectivity index (χ2v) is 7.58. The number of hydrogen-bond donors (Lipinski definition) is 1. The normalized spacial score (nSPS) is 19.1. The molecule has 0 radical (unpaired) electrons. The van der Waals surface area contributed by atoms with Crippen LogP contribution in [-0.4, -0.2) is 35.8 Å². The van der Waals surface area contributed by atoms with Crippen LogP contribution < -0.4 is 10.2 Å². The van der Waals surface area contributed by atoms with E-state index in [1.807, 2.05) is 18.2 Å². The second kappa shape index (κ2) is 6.72. The summed E-state index contributed by atoms with van der Waals surface area (Å²) in [6.45, 7) is 8.84. The van der Waals surface area contributed by atoms with Crippen LogP contribution in [0.25, 0.3) is 0 Å². The lowest BCUT2D eigenvalue weighted by molar-refractivity contribution is -0.127. The number of carbonyl (C=O) groups excluding carboxylic acids is 2. The Bertz CT molecular complexity index is 891. The number of aryl methyl sites for hydroxylation is 2. The van der Waals surface area contributed by atoms with Gasteiger partial charge in [0.05, 0.1) is 0 Å². The van der Waals surface area contributed by atoms with E-state index >= 15 is 0 Å². The summed E-state index contributed by atoms with van der Waals surface area (Å²) in [5.74, 6) is -0.172. The van der Waals surface area contributed by atoms with Gasteiger partial charge in [0.1, 0.15) is 6.04 Å². The molecule has 0 bridgehead atoms. The summed E-state index contributed by atoms with van der Waals surface area (Å²) < 4.78 is 0. The number of piperazine rings is 1. The molecule has 1 saturated heterocycles. The molecule has 2 amide bonds. The van der Waals surface area contributed by atoms with Gasteiger partial charge < -0.3 is 15.1 Å². The third-order valence-electron chi connectivity index (χ3n) is 5.76. The minimum Gasteiger partial charge on any atom is -0.363 e. The molecule has 0 saturated carbocycles. The van der Waals surface area contributed by atoms with Gasteiger partial charge in [-0.1, -0.05) is 18.2 Å². The fourth-order valence-electron chi connectivity index (χ4n) is 3.94. The zero-order valence-electron chi connectivity index (χ0n) is 16.1. The smallest absolute Gasteiger partial charge is 0.254 e. The fraction of sp³-hybridized carbons (Fsp3) is 0.364. The Hall–Kier alpha value is -2.82. The number of fused-ring (bicyclic) bond motifs is 1. The summed E-state index contributed by atoms with van der Waals surface area (Å²) in [6.07, 6.45) is 0. The minimum absolute atomic E-state index is 0.0809. The highest BCUT2D eigenvalue weighted by atomic mass is 16.2. The van der Waals surface area contributed by atoms with Gasteiger partial charge in [-0.3, -0.25) is 9.59 Å². The molecule has 0 aromatic heterocycles. The lowest BCUT2D eigenvalue weighted by Crippen LogP contribution is -2.55. The van der Waals surface area contributed by atoms with Gasteiger partial charge in [0.25, 0.3) is 5.91 Å². The van der Waals surface area contributed by atoms with E-state index in [4.69, 9.17) is 0 Å². The largest absolute Gasteiger partial charge is 0.363 e. The summed E-state index contributed by atoms with van der Waals surface area (Å²) in [7, 11) is 0. The lowest BCUT2D eigenvalue weighted by atomic mass is 10.0. The second-order valence-electron chi connectivity index (χ2n) is 7.58. The highest BCUT2D eigenvalue weighted by molar-refractivity contribution is 5.98. The molecular formula is C22H25N3O2. The molecule has 0 spiro atoms.